The Balaban J connectivity index is 1.41. The molecule has 2 aromatic heterocycles. The van der Waals surface area contributed by atoms with Crippen LogP contribution in [0.4, 0.5) is 0 Å². The van der Waals surface area contributed by atoms with Crippen molar-refractivity contribution in [3.05, 3.63) is 48.1 Å². The second-order valence-corrected chi connectivity index (χ2v) is 6.46. The molecule has 1 saturated heterocycles. The molecule has 0 aliphatic carbocycles. The quantitative estimate of drug-likeness (QED) is 0.601. The minimum atomic E-state index is -0.0728. The van der Waals surface area contributed by atoms with Crippen molar-refractivity contribution in [2.75, 3.05) is 26.3 Å². The molecular formula is C20H21N5O4. The molecule has 0 N–H and O–H groups in total. The molecular weight excluding hydrogens is 374 g/mol. The number of carbonyl (C=O) groups is 1. The number of hydrogen-bond acceptors (Lipinski definition) is 8. The van der Waals surface area contributed by atoms with E-state index < -0.39 is 0 Å². The summed E-state index contributed by atoms with van der Waals surface area (Å²) in [6, 6.07) is 6.96. The number of hydrogen-bond donors (Lipinski definition) is 0. The summed E-state index contributed by atoms with van der Waals surface area (Å²) in [5, 5.41) is 3.93. The van der Waals surface area contributed by atoms with Gasteiger partial charge in [0.2, 0.25) is 17.5 Å². The van der Waals surface area contributed by atoms with Crippen molar-refractivity contribution in [3.63, 3.8) is 0 Å². The molecule has 9 heteroatoms. The molecule has 0 atom stereocenters. The summed E-state index contributed by atoms with van der Waals surface area (Å²) in [7, 11) is 0. The predicted octanol–water partition coefficient (Wildman–Crippen LogP) is 2.56. The number of benzene rings is 1. The zero-order valence-corrected chi connectivity index (χ0v) is 16.2. The molecule has 0 bridgehead atoms. The fraction of sp³-hybridized carbons (Fsp3) is 0.350. The van der Waals surface area contributed by atoms with Crippen LogP contribution in [0.3, 0.4) is 0 Å². The molecule has 0 spiro atoms. The maximum absolute atomic E-state index is 12.8. The van der Waals surface area contributed by atoms with Crippen LogP contribution < -0.4 is 9.47 Å². The van der Waals surface area contributed by atoms with Crippen molar-refractivity contribution in [2.45, 2.75) is 19.8 Å². The van der Waals surface area contributed by atoms with Crippen LogP contribution in [0.1, 0.15) is 36.0 Å². The molecule has 3 heterocycles. The van der Waals surface area contributed by atoms with E-state index in [9.17, 15) is 4.79 Å². The number of carbonyl (C=O) groups excluding carboxylic acids is 1. The summed E-state index contributed by atoms with van der Waals surface area (Å²) in [5.74, 6) is 2.37. The third-order valence-corrected chi connectivity index (χ3v) is 4.52. The van der Waals surface area contributed by atoms with E-state index in [-0.39, 0.29) is 11.8 Å². The van der Waals surface area contributed by atoms with Gasteiger partial charge in [-0.2, -0.15) is 4.98 Å². The topological polar surface area (TPSA) is 103 Å². The number of aromatic nitrogens is 4. The van der Waals surface area contributed by atoms with Crippen molar-refractivity contribution in [1.82, 2.24) is 25.0 Å². The van der Waals surface area contributed by atoms with E-state index in [0.717, 1.165) is 0 Å². The first-order valence-corrected chi connectivity index (χ1v) is 9.49. The van der Waals surface area contributed by atoms with Gasteiger partial charge in [0.25, 0.3) is 5.91 Å². The van der Waals surface area contributed by atoms with Crippen LogP contribution in [0.25, 0.3) is 11.6 Å². The van der Waals surface area contributed by atoms with Crippen molar-refractivity contribution < 1.29 is 18.8 Å². The third-order valence-electron chi connectivity index (χ3n) is 4.52. The van der Waals surface area contributed by atoms with Gasteiger partial charge >= 0.3 is 0 Å². The van der Waals surface area contributed by atoms with Gasteiger partial charge in [0, 0.05) is 31.0 Å². The van der Waals surface area contributed by atoms with Crippen LogP contribution in [0.5, 0.6) is 11.5 Å². The summed E-state index contributed by atoms with van der Waals surface area (Å²) in [6.07, 6.45) is 3.24. The van der Waals surface area contributed by atoms with Gasteiger partial charge in [-0.1, -0.05) is 5.16 Å². The van der Waals surface area contributed by atoms with Crippen LogP contribution in [0, 0.1) is 0 Å². The Morgan fingerprint density at radius 2 is 1.83 bits per heavy atom. The maximum atomic E-state index is 12.8. The highest BCUT2D eigenvalue weighted by Crippen LogP contribution is 2.32. The van der Waals surface area contributed by atoms with E-state index in [1.54, 1.807) is 41.6 Å². The van der Waals surface area contributed by atoms with Crippen molar-refractivity contribution in [1.29, 1.82) is 0 Å². The standard InChI is InChI=1S/C20H21N5O4/c1-3-27-15-7-6-13(10-16(15)28-4-2)20(26)25-11-14(12-25)19-23-18(24-29-19)17-21-8-5-9-22-17/h5-10,14H,3-4,11-12H2,1-2H3. The highest BCUT2D eigenvalue weighted by Gasteiger charge is 2.36. The largest absolute Gasteiger partial charge is 0.490 e. The molecule has 3 aromatic rings. The van der Waals surface area contributed by atoms with Gasteiger partial charge in [0.1, 0.15) is 0 Å². The van der Waals surface area contributed by atoms with E-state index in [1.165, 1.54) is 0 Å². The highest BCUT2D eigenvalue weighted by molar-refractivity contribution is 5.95. The van der Waals surface area contributed by atoms with E-state index in [1.807, 2.05) is 13.8 Å². The van der Waals surface area contributed by atoms with Gasteiger partial charge in [-0.25, -0.2) is 9.97 Å². The summed E-state index contributed by atoms with van der Waals surface area (Å²) < 4.78 is 16.5. The Morgan fingerprint density at radius 1 is 1.10 bits per heavy atom. The lowest BCUT2D eigenvalue weighted by molar-refractivity contribution is 0.0568. The van der Waals surface area contributed by atoms with Crippen LogP contribution in [-0.4, -0.2) is 57.2 Å². The van der Waals surface area contributed by atoms with Crippen molar-refractivity contribution in [3.8, 4) is 23.1 Å². The Bertz CT molecular complexity index is 986. The lowest BCUT2D eigenvalue weighted by atomic mass is 9.98. The van der Waals surface area contributed by atoms with Gasteiger partial charge in [-0.3, -0.25) is 4.79 Å². The molecule has 1 amide bonds. The summed E-state index contributed by atoms with van der Waals surface area (Å²) >= 11 is 0. The van der Waals surface area contributed by atoms with E-state index in [0.29, 0.717) is 60.9 Å². The van der Waals surface area contributed by atoms with Crippen LogP contribution >= 0.6 is 0 Å². The number of rotatable bonds is 7. The predicted molar refractivity (Wildman–Crippen MR) is 103 cm³/mol. The first-order valence-electron chi connectivity index (χ1n) is 9.49. The van der Waals surface area contributed by atoms with Gasteiger partial charge in [0.05, 0.1) is 19.1 Å². The molecule has 150 valence electrons. The Labute approximate surface area is 167 Å². The van der Waals surface area contributed by atoms with Gasteiger partial charge < -0.3 is 18.9 Å². The van der Waals surface area contributed by atoms with Crippen molar-refractivity contribution >= 4 is 5.91 Å². The normalized spacial score (nSPS) is 13.8. The smallest absolute Gasteiger partial charge is 0.254 e. The SMILES string of the molecule is CCOc1ccc(C(=O)N2CC(c3nc(-c4ncccn4)no3)C2)cc1OCC. The van der Waals surface area contributed by atoms with Gasteiger partial charge in [-0.15, -0.1) is 0 Å². The lowest BCUT2D eigenvalue weighted by Gasteiger charge is -2.37. The minimum absolute atomic E-state index is 0.00188. The van der Waals surface area contributed by atoms with Crippen LogP contribution in [-0.2, 0) is 0 Å². The maximum Gasteiger partial charge on any atom is 0.254 e. The molecule has 0 radical (unpaired) electrons. The zero-order valence-electron chi connectivity index (χ0n) is 16.2. The summed E-state index contributed by atoms with van der Waals surface area (Å²) in [5.41, 5.74) is 0.555. The molecule has 1 aliphatic heterocycles. The molecule has 1 aliphatic rings. The summed E-state index contributed by atoms with van der Waals surface area (Å²) in [6.45, 7) is 5.83. The average molecular weight is 395 g/mol. The van der Waals surface area contributed by atoms with E-state index >= 15 is 0 Å². The number of nitrogens with zero attached hydrogens (tertiary/aromatic N) is 5. The number of likely N-dealkylation sites (tertiary alicyclic amines) is 1. The molecule has 29 heavy (non-hydrogen) atoms. The Kier molecular flexibility index (Phi) is 5.37. The molecule has 0 saturated carbocycles. The molecule has 4 rings (SSSR count). The first kappa shape index (κ1) is 18.9. The van der Waals surface area contributed by atoms with Gasteiger partial charge in [-0.05, 0) is 38.1 Å². The second kappa shape index (κ2) is 8.26. The van der Waals surface area contributed by atoms with Crippen LogP contribution in [0.2, 0.25) is 0 Å². The van der Waals surface area contributed by atoms with E-state index in [4.69, 9.17) is 14.0 Å². The Morgan fingerprint density at radius 3 is 2.55 bits per heavy atom. The average Bonchev–Trinajstić information content (AvgIpc) is 3.19. The monoisotopic (exact) mass is 395 g/mol. The molecule has 1 aromatic carbocycles. The van der Waals surface area contributed by atoms with E-state index in [2.05, 4.69) is 20.1 Å². The Hall–Kier alpha value is -3.49. The third kappa shape index (κ3) is 3.89. The number of amides is 1. The lowest BCUT2D eigenvalue weighted by Crippen LogP contribution is -2.48. The van der Waals surface area contributed by atoms with Gasteiger partial charge in [0.15, 0.2) is 11.5 Å². The molecule has 0 unspecified atom stereocenters. The summed E-state index contributed by atoms with van der Waals surface area (Å²) in [4.78, 5) is 27.1. The van der Waals surface area contributed by atoms with Crippen LogP contribution in [0.15, 0.2) is 41.2 Å². The fourth-order valence-electron chi connectivity index (χ4n) is 3.07. The molecule has 9 nitrogen and oxygen atoms in total. The zero-order chi connectivity index (χ0) is 20.2. The highest BCUT2D eigenvalue weighted by atomic mass is 16.5. The fourth-order valence-corrected chi connectivity index (χ4v) is 3.07. The minimum Gasteiger partial charge on any atom is -0.490 e. The number of ether oxygens (including phenoxy) is 2. The second-order valence-electron chi connectivity index (χ2n) is 6.46. The molecule has 1 fully saturated rings. The first-order chi connectivity index (χ1) is 14.2. The van der Waals surface area contributed by atoms with Crippen molar-refractivity contribution in [2.24, 2.45) is 0 Å².